The van der Waals surface area contributed by atoms with Gasteiger partial charge in [0.2, 0.25) is 11.2 Å². The molecule has 1 amide bonds. The Kier molecular flexibility index (Phi) is 7.39. The van der Waals surface area contributed by atoms with E-state index in [9.17, 15) is 14.7 Å². The zero-order valence-corrected chi connectivity index (χ0v) is 17.8. The van der Waals surface area contributed by atoms with Gasteiger partial charge in [-0.3, -0.25) is 4.79 Å². The van der Waals surface area contributed by atoms with Crippen LogP contribution in [0.25, 0.3) is 0 Å². The van der Waals surface area contributed by atoms with Gasteiger partial charge in [0.15, 0.2) is 5.76 Å². The Morgan fingerprint density at radius 1 is 1.20 bits per heavy atom. The number of carbonyl (C=O) groups excluding carboxylic acids is 1. The predicted octanol–water partition coefficient (Wildman–Crippen LogP) is 3.79. The average molecular weight is 416 g/mol. The number of hydrogen-bond acceptors (Lipinski definition) is 7. The molecule has 0 aliphatic rings. The third-order valence-electron chi connectivity index (χ3n) is 3.99. The summed E-state index contributed by atoms with van der Waals surface area (Å²) < 4.78 is 16.2. The van der Waals surface area contributed by atoms with Crippen molar-refractivity contribution in [2.45, 2.75) is 52.9 Å². The van der Waals surface area contributed by atoms with Crippen LogP contribution in [-0.2, 0) is 11.3 Å². The van der Waals surface area contributed by atoms with Crippen molar-refractivity contribution < 1.29 is 23.8 Å². The van der Waals surface area contributed by atoms with Crippen LogP contribution < -0.4 is 15.6 Å². The summed E-state index contributed by atoms with van der Waals surface area (Å²) in [4.78, 5) is 24.0. The summed E-state index contributed by atoms with van der Waals surface area (Å²) in [6.07, 6.45) is 0.557. The summed E-state index contributed by atoms with van der Waals surface area (Å²) in [5.74, 6) is -0.0948. The first-order valence-electron chi connectivity index (χ1n) is 9.49. The lowest BCUT2D eigenvalue weighted by molar-refractivity contribution is 0.0522. The molecule has 0 aliphatic heterocycles. The van der Waals surface area contributed by atoms with Crippen molar-refractivity contribution >= 4 is 12.3 Å². The number of hydrazone groups is 1. The highest BCUT2D eigenvalue weighted by Gasteiger charge is 2.33. The molecule has 2 N–H and O–H groups in total. The van der Waals surface area contributed by atoms with E-state index in [-0.39, 0.29) is 18.1 Å². The number of ether oxygens (including phenoxy) is 2. The molecule has 2 aromatic rings. The molecule has 0 spiro atoms. The van der Waals surface area contributed by atoms with Gasteiger partial charge in [-0.2, -0.15) is 5.10 Å². The Bertz CT molecular complexity index is 929. The summed E-state index contributed by atoms with van der Waals surface area (Å²) in [6.45, 7) is 8.69. The van der Waals surface area contributed by atoms with Crippen molar-refractivity contribution in [1.29, 1.82) is 0 Å². The Balaban J connectivity index is 2.15. The second kappa shape index (κ2) is 9.58. The number of nitrogens with one attached hydrogen (secondary N) is 1. The van der Waals surface area contributed by atoms with E-state index in [0.717, 1.165) is 5.56 Å². The highest BCUT2D eigenvalue weighted by Crippen LogP contribution is 2.35. The molecule has 162 valence electrons. The van der Waals surface area contributed by atoms with Crippen LogP contribution in [-0.4, -0.2) is 23.0 Å². The number of amides is 1. The fourth-order valence-corrected chi connectivity index (χ4v) is 2.44. The summed E-state index contributed by atoms with van der Waals surface area (Å²) >= 11 is 0. The number of benzene rings is 1. The molecular formula is C22H28N2O6. The fraction of sp³-hybridized carbons (Fsp3) is 0.409. The molecule has 0 saturated carbocycles. The standard InChI is InChI=1S/C22H28N2O6/c1-21(2,3)30-20(27)24-23-14-22(4,5)19(26)18-17(16(25)11-12-28-18)29-13-15-9-7-6-8-10-15/h6-12,14,19,26H,13H2,1-5H3,(H,24,27)/b23-14-. The van der Waals surface area contributed by atoms with Gasteiger partial charge in [-0.25, -0.2) is 10.2 Å². The van der Waals surface area contributed by atoms with E-state index < -0.39 is 28.6 Å². The Labute approximate surface area is 175 Å². The molecule has 1 aromatic carbocycles. The number of hydrogen-bond donors (Lipinski definition) is 2. The van der Waals surface area contributed by atoms with Crippen LogP contribution in [0.5, 0.6) is 5.75 Å². The van der Waals surface area contributed by atoms with Gasteiger partial charge in [-0.15, -0.1) is 0 Å². The van der Waals surface area contributed by atoms with Gasteiger partial charge >= 0.3 is 6.09 Å². The maximum Gasteiger partial charge on any atom is 0.428 e. The maximum atomic E-state index is 12.3. The monoisotopic (exact) mass is 416 g/mol. The Morgan fingerprint density at radius 3 is 2.50 bits per heavy atom. The lowest BCUT2D eigenvalue weighted by atomic mass is 9.86. The minimum absolute atomic E-state index is 0.0212. The van der Waals surface area contributed by atoms with Crippen LogP contribution >= 0.6 is 0 Å². The van der Waals surface area contributed by atoms with Gasteiger partial charge in [0, 0.05) is 17.7 Å². The van der Waals surface area contributed by atoms with Crippen LogP contribution in [0.15, 0.2) is 57.0 Å². The minimum atomic E-state index is -1.26. The van der Waals surface area contributed by atoms with Crippen molar-refractivity contribution in [1.82, 2.24) is 5.43 Å². The largest absolute Gasteiger partial charge is 0.482 e. The molecule has 2 rings (SSSR count). The Morgan fingerprint density at radius 2 is 1.87 bits per heavy atom. The predicted molar refractivity (Wildman–Crippen MR) is 112 cm³/mol. The Hall–Kier alpha value is -3.13. The normalized spacial score (nSPS) is 13.1. The molecule has 0 radical (unpaired) electrons. The number of rotatable bonds is 7. The summed E-state index contributed by atoms with van der Waals surface area (Å²) in [7, 11) is 0. The molecule has 30 heavy (non-hydrogen) atoms. The quantitative estimate of drug-likeness (QED) is 0.525. The fourth-order valence-electron chi connectivity index (χ4n) is 2.44. The van der Waals surface area contributed by atoms with Gasteiger partial charge in [-0.1, -0.05) is 44.2 Å². The van der Waals surface area contributed by atoms with E-state index in [2.05, 4.69) is 10.5 Å². The lowest BCUT2D eigenvalue weighted by Crippen LogP contribution is -2.31. The topological polar surface area (TPSA) is 110 Å². The first kappa shape index (κ1) is 23.2. The molecule has 8 nitrogen and oxygen atoms in total. The van der Waals surface area contributed by atoms with E-state index in [1.54, 1.807) is 34.6 Å². The molecule has 1 aromatic heterocycles. The third kappa shape index (κ3) is 6.73. The molecule has 1 atom stereocenters. The van der Waals surface area contributed by atoms with Gasteiger partial charge in [0.25, 0.3) is 0 Å². The average Bonchev–Trinajstić information content (AvgIpc) is 2.65. The minimum Gasteiger partial charge on any atom is -0.482 e. The molecule has 0 saturated heterocycles. The number of aliphatic hydroxyl groups excluding tert-OH is 1. The van der Waals surface area contributed by atoms with E-state index in [1.165, 1.54) is 18.5 Å². The van der Waals surface area contributed by atoms with Crippen molar-refractivity contribution in [3.8, 4) is 5.75 Å². The van der Waals surface area contributed by atoms with Crippen LogP contribution in [0.3, 0.4) is 0 Å². The second-order valence-corrected chi connectivity index (χ2v) is 8.35. The van der Waals surface area contributed by atoms with Crippen molar-refractivity contribution in [2.75, 3.05) is 0 Å². The summed E-state index contributed by atoms with van der Waals surface area (Å²) in [5.41, 5.74) is 1.04. The van der Waals surface area contributed by atoms with Crippen molar-refractivity contribution in [3.05, 3.63) is 64.2 Å². The first-order chi connectivity index (χ1) is 14.0. The van der Waals surface area contributed by atoms with E-state index >= 15 is 0 Å². The van der Waals surface area contributed by atoms with Gasteiger partial charge in [0.1, 0.15) is 18.3 Å². The smallest absolute Gasteiger partial charge is 0.428 e. The molecule has 0 aliphatic carbocycles. The molecule has 0 bridgehead atoms. The molecule has 1 unspecified atom stereocenters. The number of nitrogens with zero attached hydrogens (tertiary/aromatic N) is 1. The first-order valence-corrected chi connectivity index (χ1v) is 9.49. The zero-order chi connectivity index (χ0) is 22.4. The van der Waals surface area contributed by atoms with Crippen LogP contribution in [0.4, 0.5) is 4.79 Å². The highest BCUT2D eigenvalue weighted by molar-refractivity contribution is 5.71. The van der Waals surface area contributed by atoms with E-state index in [4.69, 9.17) is 13.9 Å². The third-order valence-corrected chi connectivity index (χ3v) is 3.99. The van der Waals surface area contributed by atoms with Crippen molar-refractivity contribution in [2.24, 2.45) is 10.5 Å². The highest BCUT2D eigenvalue weighted by atomic mass is 16.6. The van der Waals surface area contributed by atoms with Gasteiger partial charge < -0.3 is 19.0 Å². The van der Waals surface area contributed by atoms with E-state index in [1.807, 2.05) is 30.3 Å². The number of aliphatic hydroxyl groups is 1. The summed E-state index contributed by atoms with van der Waals surface area (Å²) in [5, 5.41) is 14.7. The van der Waals surface area contributed by atoms with Gasteiger partial charge in [-0.05, 0) is 26.3 Å². The molecule has 8 heteroatoms. The van der Waals surface area contributed by atoms with Gasteiger partial charge in [0.05, 0.1) is 6.26 Å². The second-order valence-electron chi connectivity index (χ2n) is 8.35. The van der Waals surface area contributed by atoms with Crippen LogP contribution in [0.1, 0.15) is 52.0 Å². The van der Waals surface area contributed by atoms with E-state index in [0.29, 0.717) is 0 Å². The molecule has 1 heterocycles. The molecule has 0 fully saturated rings. The SMILES string of the molecule is CC(C)(C)OC(=O)N/N=C\C(C)(C)C(O)c1occc(=O)c1OCc1ccccc1. The van der Waals surface area contributed by atoms with Crippen LogP contribution in [0, 0.1) is 5.41 Å². The maximum absolute atomic E-state index is 12.3. The zero-order valence-electron chi connectivity index (χ0n) is 17.8. The summed E-state index contributed by atoms with van der Waals surface area (Å²) in [6, 6.07) is 10.5. The van der Waals surface area contributed by atoms with Crippen molar-refractivity contribution in [3.63, 3.8) is 0 Å². The van der Waals surface area contributed by atoms with Crippen LogP contribution in [0.2, 0.25) is 0 Å². The number of carbonyl (C=O) groups is 1. The molecular weight excluding hydrogens is 388 g/mol. The lowest BCUT2D eigenvalue weighted by Gasteiger charge is -2.26.